The van der Waals surface area contributed by atoms with Crippen molar-refractivity contribution in [3.63, 3.8) is 0 Å². The Morgan fingerprint density at radius 3 is 2.33 bits per heavy atom. The van der Waals surface area contributed by atoms with Crippen LogP contribution in [-0.2, 0) is 20.8 Å². The topological polar surface area (TPSA) is 136 Å². The summed E-state index contributed by atoms with van der Waals surface area (Å²) in [6.45, 7) is 8.97. The van der Waals surface area contributed by atoms with Crippen LogP contribution in [0.25, 0.3) is 21.8 Å². The Balaban J connectivity index is 0.000000319. The number of fused-ring (bicyclic) bond motifs is 2. The molecule has 11 nitrogen and oxygen atoms in total. The van der Waals surface area contributed by atoms with Crippen molar-refractivity contribution in [2.45, 2.75) is 65.5 Å². The number of ether oxygens (including phenoxy) is 2. The molecule has 0 spiro atoms. The predicted octanol–water partition coefficient (Wildman–Crippen LogP) is 4.68. The standard InChI is InChI=1S/C24H33N3O5.C8H6N2O/c1-5-31-21(29)24(11-15-26(16-12-24)22(30)32-23(2,3)4)10-6-14-27-19-17-25-13-9-18(19)7-8-20(27)28;11-8-2-1-6-3-4-9-5-7(6)10-8/h7-9,13,17H,5-6,10-12,14-16H2,1-4H3;1-5H,(H,10,11). The Morgan fingerprint density at radius 1 is 0.953 bits per heavy atom. The fourth-order valence-electron chi connectivity index (χ4n) is 5.22. The van der Waals surface area contributed by atoms with Crippen molar-refractivity contribution >= 4 is 33.9 Å². The number of piperidine rings is 1. The number of H-pyrrole nitrogens is 1. The number of pyridine rings is 4. The second kappa shape index (κ2) is 13.6. The van der Waals surface area contributed by atoms with Gasteiger partial charge in [0.1, 0.15) is 5.60 Å². The lowest BCUT2D eigenvalue weighted by Crippen LogP contribution is -2.48. The highest BCUT2D eigenvalue weighted by Gasteiger charge is 2.43. The fraction of sp³-hybridized carbons (Fsp3) is 0.438. The van der Waals surface area contributed by atoms with Gasteiger partial charge in [-0.05, 0) is 77.6 Å². The summed E-state index contributed by atoms with van der Waals surface area (Å²) in [7, 11) is 0. The Kier molecular flexibility index (Phi) is 9.95. The van der Waals surface area contributed by atoms with Crippen LogP contribution in [0.15, 0.2) is 70.8 Å². The van der Waals surface area contributed by atoms with E-state index in [0.29, 0.717) is 51.9 Å². The normalized spacial score (nSPS) is 14.6. The Morgan fingerprint density at radius 2 is 1.63 bits per heavy atom. The van der Waals surface area contributed by atoms with Crippen LogP contribution in [0.4, 0.5) is 4.79 Å². The fourth-order valence-corrected chi connectivity index (χ4v) is 5.22. The average Bonchev–Trinajstić information content (AvgIpc) is 2.98. The van der Waals surface area contributed by atoms with Gasteiger partial charge in [-0.15, -0.1) is 0 Å². The van der Waals surface area contributed by atoms with E-state index in [-0.39, 0.29) is 23.2 Å². The van der Waals surface area contributed by atoms with E-state index < -0.39 is 11.0 Å². The highest BCUT2D eigenvalue weighted by molar-refractivity contribution is 5.79. The summed E-state index contributed by atoms with van der Waals surface area (Å²) in [5, 5.41) is 1.95. The lowest BCUT2D eigenvalue weighted by molar-refractivity contribution is -0.159. The van der Waals surface area contributed by atoms with Gasteiger partial charge in [0.05, 0.1) is 35.4 Å². The summed E-state index contributed by atoms with van der Waals surface area (Å²) in [5.74, 6) is -0.226. The van der Waals surface area contributed by atoms with Crippen molar-refractivity contribution in [2.24, 2.45) is 5.41 Å². The minimum Gasteiger partial charge on any atom is -0.466 e. The molecule has 5 rings (SSSR count). The quantitative estimate of drug-likeness (QED) is 0.320. The summed E-state index contributed by atoms with van der Waals surface area (Å²) >= 11 is 0. The number of nitrogens with one attached hydrogen (secondary N) is 1. The van der Waals surface area contributed by atoms with Crippen LogP contribution < -0.4 is 11.1 Å². The lowest BCUT2D eigenvalue weighted by Gasteiger charge is -2.40. The molecule has 0 aliphatic carbocycles. The molecule has 1 amide bonds. The van der Waals surface area contributed by atoms with Crippen LogP contribution in [0.2, 0.25) is 0 Å². The maximum atomic E-state index is 12.9. The van der Waals surface area contributed by atoms with Gasteiger partial charge in [0.15, 0.2) is 0 Å². The Hall–Kier alpha value is -4.54. The van der Waals surface area contributed by atoms with Gasteiger partial charge in [0, 0.05) is 54.9 Å². The first-order valence-corrected chi connectivity index (χ1v) is 14.5. The smallest absolute Gasteiger partial charge is 0.410 e. The third kappa shape index (κ3) is 8.06. The van der Waals surface area contributed by atoms with E-state index in [2.05, 4.69) is 15.0 Å². The minimum absolute atomic E-state index is 0.0876. The van der Waals surface area contributed by atoms with Gasteiger partial charge in [-0.1, -0.05) is 0 Å². The number of rotatable bonds is 6. The molecule has 1 fully saturated rings. The number of likely N-dealkylation sites (tertiary alicyclic amines) is 1. The zero-order valence-corrected chi connectivity index (χ0v) is 25.2. The molecule has 5 heterocycles. The number of carbonyl (C=O) groups is 2. The van der Waals surface area contributed by atoms with Gasteiger partial charge in [-0.3, -0.25) is 24.4 Å². The number of aromatic amines is 1. The largest absolute Gasteiger partial charge is 0.466 e. The van der Waals surface area contributed by atoms with Gasteiger partial charge >= 0.3 is 12.1 Å². The van der Waals surface area contributed by atoms with Gasteiger partial charge in [-0.25, -0.2) is 4.79 Å². The monoisotopic (exact) mass is 589 g/mol. The molecule has 4 aromatic rings. The first-order chi connectivity index (χ1) is 20.5. The van der Waals surface area contributed by atoms with Gasteiger partial charge in [-0.2, -0.15) is 0 Å². The van der Waals surface area contributed by atoms with Crippen molar-refractivity contribution in [1.29, 1.82) is 0 Å². The SMILES string of the molecule is CCOC(=O)C1(CCCn2c(=O)ccc3ccncc32)CCN(C(=O)OC(C)(C)C)CC1.O=c1ccc2ccncc2[nH]1. The molecule has 11 heteroatoms. The summed E-state index contributed by atoms with van der Waals surface area (Å²) in [6, 6.07) is 10.4. The molecule has 1 saturated heterocycles. The lowest BCUT2D eigenvalue weighted by atomic mass is 9.74. The molecule has 4 aromatic heterocycles. The number of hydrogen-bond donors (Lipinski definition) is 1. The van der Waals surface area contributed by atoms with E-state index in [1.54, 1.807) is 59.4 Å². The van der Waals surface area contributed by atoms with Crippen LogP contribution >= 0.6 is 0 Å². The molecule has 0 unspecified atom stereocenters. The number of amides is 1. The molecule has 1 N–H and O–H groups in total. The molecule has 1 aliphatic rings. The molecule has 0 atom stereocenters. The number of nitrogens with zero attached hydrogens (tertiary/aromatic N) is 4. The van der Waals surface area contributed by atoms with E-state index in [4.69, 9.17) is 9.47 Å². The van der Waals surface area contributed by atoms with E-state index >= 15 is 0 Å². The molecular weight excluding hydrogens is 550 g/mol. The number of carbonyl (C=O) groups excluding carboxylic acids is 2. The molecule has 1 aliphatic heterocycles. The zero-order valence-electron chi connectivity index (χ0n) is 25.2. The van der Waals surface area contributed by atoms with E-state index in [1.807, 2.05) is 32.9 Å². The first-order valence-electron chi connectivity index (χ1n) is 14.5. The van der Waals surface area contributed by atoms with Gasteiger partial charge in [0.2, 0.25) is 5.56 Å². The van der Waals surface area contributed by atoms with Crippen molar-refractivity contribution in [2.75, 3.05) is 19.7 Å². The van der Waals surface area contributed by atoms with Crippen LogP contribution in [-0.4, -0.2) is 61.8 Å². The number of esters is 1. The summed E-state index contributed by atoms with van der Waals surface area (Å²) in [4.78, 5) is 60.9. The number of aromatic nitrogens is 4. The maximum Gasteiger partial charge on any atom is 0.410 e. The van der Waals surface area contributed by atoms with Crippen molar-refractivity contribution in [3.05, 3.63) is 81.9 Å². The first kappa shape index (κ1) is 31.4. The summed E-state index contributed by atoms with van der Waals surface area (Å²) in [6.07, 6.45) is 8.61. The Bertz CT molecular complexity index is 1680. The maximum absolute atomic E-state index is 12.9. The highest BCUT2D eigenvalue weighted by atomic mass is 16.6. The van der Waals surface area contributed by atoms with Crippen molar-refractivity contribution < 1.29 is 19.1 Å². The molecule has 228 valence electrons. The average molecular weight is 590 g/mol. The molecule has 0 saturated carbocycles. The zero-order chi connectivity index (χ0) is 31.0. The summed E-state index contributed by atoms with van der Waals surface area (Å²) < 4.78 is 12.6. The minimum atomic E-state index is -0.666. The van der Waals surface area contributed by atoms with Crippen LogP contribution in [0, 0.1) is 5.41 Å². The number of hydrogen-bond acceptors (Lipinski definition) is 8. The second-order valence-electron chi connectivity index (χ2n) is 11.6. The molecular formula is C32H39N5O6. The molecule has 43 heavy (non-hydrogen) atoms. The van der Waals surface area contributed by atoms with Crippen molar-refractivity contribution in [1.82, 2.24) is 24.4 Å². The van der Waals surface area contributed by atoms with Crippen LogP contribution in [0.3, 0.4) is 0 Å². The molecule has 0 aromatic carbocycles. The van der Waals surface area contributed by atoms with E-state index in [9.17, 15) is 19.2 Å². The third-order valence-electron chi connectivity index (χ3n) is 7.44. The van der Waals surface area contributed by atoms with Crippen LogP contribution in [0.1, 0.15) is 53.4 Å². The predicted molar refractivity (Wildman–Crippen MR) is 164 cm³/mol. The summed E-state index contributed by atoms with van der Waals surface area (Å²) in [5.41, 5.74) is 0.153. The van der Waals surface area contributed by atoms with Crippen LogP contribution in [0.5, 0.6) is 0 Å². The van der Waals surface area contributed by atoms with E-state index in [1.165, 1.54) is 6.07 Å². The van der Waals surface area contributed by atoms with Gasteiger partial charge in [0.25, 0.3) is 5.56 Å². The number of aryl methyl sites for hydroxylation is 1. The third-order valence-corrected chi connectivity index (χ3v) is 7.44. The highest BCUT2D eigenvalue weighted by Crippen LogP contribution is 2.38. The van der Waals surface area contributed by atoms with Gasteiger partial charge < -0.3 is 23.9 Å². The Labute approximate surface area is 249 Å². The van der Waals surface area contributed by atoms with E-state index in [0.717, 1.165) is 21.8 Å². The van der Waals surface area contributed by atoms with Crippen molar-refractivity contribution in [3.8, 4) is 0 Å². The second-order valence-corrected chi connectivity index (χ2v) is 11.6. The molecule has 0 radical (unpaired) electrons. The molecule has 0 bridgehead atoms.